The van der Waals surface area contributed by atoms with Gasteiger partial charge in [-0.3, -0.25) is 0 Å². The fraction of sp³-hybridized carbons (Fsp3) is 0.900. The van der Waals surface area contributed by atoms with E-state index in [1.54, 1.807) is 0 Å². The van der Waals surface area contributed by atoms with Gasteiger partial charge in [0, 0.05) is 12.1 Å². The van der Waals surface area contributed by atoms with E-state index >= 15 is 0 Å². The zero-order chi connectivity index (χ0) is 10.6. The van der Waals surface area contributed by atoms with Crippen LogP contribution in [-0.2, 0) is 0 Å². The van der Waals surface area contributed by atoms with Gasteiger partial charge in [-0.25, -0.2) is 4.79 Å². The van der Waals surface area contributed by atoms with Crippen molar-refractivity contribution in [3.8, 4) is 0 Å². The minimum atomic E-state index is -0.934. The van der Waals surface area contributed by atoms with Gasteiger partial charge >= 0.3 is 6.09 Å². The number of nitrogens with one attached hydrogen (secondary N) is 2. The minimum Gasteiger partial charge on any atom is -0.465 e. The summed E-state index contributed by atoms with van der Waals surface area (Å²) < 4.78 is 0. The highest BCUT2D eigenvalue weighted by molar-refractivity contribution is 5.64. The lowest BCUT2D eigenvalue weighted by Crippen LogP contribution is -2.50. The summed E-state index contributed by atoms with van der Waals surface area (Å²) in [5, 5.41) is 14.4. The first kappa shape index (κ1) is 11.3. The van der Waals surface area contributed by atoms with E-state index in [-0.39, 0.29) is 12.1 Å². The average Bonchev–Trinajstić information content (AvgIpc) is 2.57. The Balaban J connectivity index is 2.46. The van der Waals surface area contributed by atoms with Crippen LogP contribution in [0.2, 0.25) is 0 Å². The van der Waals surface area contributed by atoms with Crippen LogP contribution < -0.4 is 10.6 Å². The van der Waals surface area contributed by atoms with Gasteiger partial charge in [0.1, 0.15) is 0 Å². The quantitative estimate of drug-likeness (QED) is 0.643. The van der Waals surface area contributed by atoms with E-state index in [0.29, 0.717) is 5.92 Å². The van der Waals surface area contributed by atoms with Crippen LogP contribution in [0.25, 0.3) is 0 Å². The molecule has 0 aromatic carbocycles. The van der Waals surface area contributed by atoms with Gasteiger partial charge in [0.15, 0.2) is 0 Å². The molecule has 1 fully saturated rings. The molecular formula is C10H20N2O2. The van der Waals surface area contributed by atoms with Gasteiger partial charge in [-0.15, -0.1) is 0 Å². The first-order valence-electron chi connectivity index (χ1n) is 5.32. The highest BCUT2D eigenvalue weighted by Crippen LogP contribution is 2.28. The van der Waals surface area contributed by atoms with Crippen molar-refractivity contribution in [2.24, 2.45) is 5.92 Å². The average molecular weight is 200 g/mol. The van der Waals surface area contributed by atoms with Gasteiger partial charge in [-0.1, -0.05) is 12.8 Å². The summed E-state index contributed by atoms with van der Waals surface area (Å²) in [7, 11) is 1.91. The van der Waals surface area contributed by atoms with Crippen molar-refractivity contribution in [3.05, 3.63) is 0 Å². The predicted octanol–water partition coefficient (Wildman–Crippen LogP) is 1.42. The molecule has 82 valence electrons. The van der Waals surface area contributed by atoms with E-state index in [2.05, 4.69) is 10.6 Å². The monoisotopic (exact) mass is 200 g/mol. The fourth-order valence-electron chi connectivity index (χ4n) is 2.50. The first-order valence-corrected chi connectivity index (χ1v) is 5.32. The lowest BCUT2D eigenvalue weighted by molar-refractivity contribution is 0.183. The first-order chi connectivity index (χ1) is 6.65. The number of carbonyl (C=O) groups is 1. The second-order valence-electron chi connectivity index (χ2n) is 4.10. The smallest absolute Gasteiger partial charge is 0.404 e. The molecule has 2 unspecified atom stereocenters. The largest absolute Gasteiger partial charge is 0.465 e. The number of carboxylic acid groups (broad SMARTS) is 1. The Kier molecular flexibility index (Phi) is 4.20. The van der Waals surface area contributed by atoms with Crippen molar-refractivity contribution in [3.63, 3.8) is 0 Å². The molecule has 1 saturated carbocycles. The number of hydrogen-bond donors (Lipinski definition) is 3. The molecule has 4 heteroatoms. The lowest BCUT2D eigenvalue weighted by atomic mass is 9.93. The molecule has 0 spiro atoms. The van der Waals surface area contributed by atoms with Gasteiger partial charge in [0.05, 0.1) is 0 Å². The maximum Gasteiger partial charge on any atom is 0.404 e. The molecule has 0 heterocycles. The molecule has 1 aliphatic carbocycles. The molecular weight excluding hydrogens is 180 g/mol. The summed E-state index contributed by atoms with van der Waals surface area (Å²) in [6.45, 7) is 1.92. The van der Waals surface area contributed by atoms with Crippen LogP contribution in [0.15, 0.2) is 0 Å². The molecule has 1 rings (SSSR count). The maximum atomic E-state index is 10.5. The van der Waals surface area contributed by atoms with Gasteiger partial charge in [0.2, 0.25) is 0 Å². The van der Waals surface area contributed by atoms with Crippen molar-refractivity contribution < 1.29 is 9.90 Å². The van der Waals surface area contributed by atoms with Crippen LogP contribution in [0.4, 0.5) is 4.79 Å². The van der Waals surface area contributed by atoms with Crippen molar-refractivity contribution in [2.45, 2.75) is 44.7 Å². The molecule has 2 atom stereocenters. The molecule has 1 aliphatic rings. The molecule has 0 bridgehead atoms. The van der Waals surface area contributed by atoms with Gasteiger partial charge in [-0.05, 0) is 32.7 Å². The third kappa shape index (κ3) is 2.87. The van der Waals surface area contributed by atoms with E-state index < -0.39 is 6.09 Å². The molecule has 0 aromatic rings. The summed E-state index contributed by atoms with van der Waals surface area (Å²) in [5.74, 6) is 0.627. The fourth-order valence-corrected chi connectivity index (χ4v) is 2.50. The predicted molar refractivity (Wildman–Crippen MR) is 55.4 cm³/mol. The second kappa shape index (κ2) is 5.20. The number of hydrogen-bond acceptors (Lipinski definition) is 2. The van der Waals surface area contributed by atoms with Crippen molar-refractivity contribution in [1.82, 2.24) is 10.6 Å². The zero-order valence-electron chi connectivity index (χ0n) is 8.92. The Morgan fingerprint density at radius 1 is 1.43 bits per heavy atom. The summed E-state index contributed by atoms with van der Waals surface area (Å²) in [6.07, 6.45) is 4.07. The van der Waals surface area contributed by atoms with E-state index in [4.69, 9.17) is 5.11 Å². The Hall–Kier alpha value is -0.770. The van der Waals surface area contributed by atoms with Gasteiger partial charge in [0.25, 0.3) is 0 Å². The summed E-state index contributed by atoms with van der Waals surface area (Å²) in [4.78, 5) is 10.5. The molecule has 14 heavy (non-hydrogen) atoms. The Morgan fingerprint density at radius 3 is 2.43 bits per heavy atom. The lowest BCUT2D eigenvalue weighted by Gasteiger charge is -2.28. The molecule has 1 amide bonds. The molecule has 0 radical (unpaired) electrons. The zero-order valence-corrected chi connectivity index (χ0v) is 8.92. The number of likely N-dealkylation sites (N-methyl/N-ethyl adjacent to an activating group) is 1. The normalized spacial score (nSPS) is 21.9. The van der Waals surface area contributed by atoms with Crippen molar-refractivity contribution >= 4 is 6.09 Å². The number of rotatable bonds is 4. The third-order valence-electron chi connectivity index (χ3n) is 3.13. The van der Waals surface area contributed by atoms with E-state index in [1.807, 2.05) is 14.0 Å². The molecule has 0 saturated heterocycles. The third-order valence-corrected chi connectivity index (χ3v) is 3.13. The summed E-state index contributed by atoms with van der Waals surface area (Å²) >= 11 is 0. The Bertz CT molecular complexity index is 191. The molecule has 4 nitrogen and oxygen atoms in total. The Morgan fingerprint density at radius 2 is 2.00 bits per heavy atom. The summed E-state index contributed by atoms with van der Waals surface area (Å²) in [5.41, 5.74) is 0. The molecule has 3 N–H and O–H groups in total. The Labute approximate surface area is 85.1 Å². The van der Waals surface area contributed by atoms with E-state index in [0.717, 1.165) is 0 Å². The van der Waals surface area contributed by atoms with Crippen LogP contribution >= 0.6 is 0 Å². The molecule has 0 aliphatic heterocycles. The van der Waals surface area contributed by atoms with Crippen LogP contribution in [0.1, 0.15) is 32.6 Å². The van der Waals surface area contributed by atoms with Crippen LogP contribution in [0, 0.1) is 5.92 Å². The van der Waals surface area contributed by atoms with Gasteiger partial charge in [-0.2, -0.15) is 0 Å². The minimum absolute atomic E-state index is 0.0133. The van der Waals surface area contributed by atoms with Crippen LogP contribution in [-0.4, -0.2) is 30.3 Å². The standard InChI is InChI=1S/C10H20N2O2/c1-7(12-10(13)14)9(11-2)8-5-3-4-6-8/h7-9,11-12H,3-6H2,1-2H3,(H,13,14). The maximum absolute atomic E-state index is 10.5. The summed E-state index contributed by atoms with van der Waals surface area (Å²) in [6, 6.07) is 0.259. The van der Waals surface area contributed by atoms with E-state index in [1.165, 1.54) is 25.7 Å². The topological polar surface area (TPSA) is 61.4 Å². The van der Waals surface area contributed by atoms with Crippen molar-refractivity contribution in [2.75, 3.05) is 7.05 Å². The van der Waals surface area contributed by atoms with Crippen molar-refractivity contribution in [1.29, 1.82) is 0 Å². The van der Waals surface area contributed by atoms with Crippen LogP contribution in [0.3, 0.4) is 0 Å². The number of amides is 1. The second-order valence-corrected chi connectivity index (χ2v) is 4.10. The van der Waals surface area contributed by atoms with Crippen LogP contribution in [0.5, 0.6) is 0 Å². The van der Waals surface area contributed by atoms with Gasteiger partial charge < -0.3 is 15.7 Å². The highest BCUT2D eigenvalue weighted by Gasteiger charge is 2.28. The highest BCUT2D eigenvalue weighted by atomic mass is 16.4. The molecule has 0 aromatic heterocycles. The SMILES string of the molecule is CNC(C1CCCC1)C(C)NC(=O)O. The van der Waals surface area contributed by atoms with E-state index in [9.17, 15) is 4.79 Å².